The van der Waals surface area contributed by atoms with Crippen LogP contribution in [0.5, 0.6) is 17.2 Å². The Morgan fingerprint density at radius 3 is 2.47 bits per heavy atom. The molecular weight excluding hydrogens is 774 g/mol. The van der Waals surface area contributed by atoms with Crippen LogP contribution >= 0.6 is 23.4 Å². The third kappa shape index (κ3) is 6.14. The number of allylic oxidation sites excluding steroid dienone is 4. The van der Waals surface area contributed by atoms with Gasteiger partial charge in [-0.15, -0.1) is 23.4 Å². The van der Waals surface area contributed by atoms with E-state index >= 15 is 4.79 Å². The molecule has 9 rings (SSSR count). The quantitative estimate of drug-likeness (QED) is 0.0761. The van der Waals surface area contributed by atoms with Crippen LogP contribution < -0.4 is 14.2 Å². The van der Waals surface area contributed by atoms with Gasteiger partial charge in [0.05, 0.1) is 41.2 Å². The molecule has 3 saturated carbocycles. The first-order valence-corrected chi connectivity index (χ1v) is 21.6. The van der Waals surface area contributed by atoms with Crippen LogP contribution in [0.1, 0.15) is 97.8 Å². The van der Waals surface area contributed by atoms with E-state index in [-0.39, 0.29) is 35.0 Å². The van der Waals surface area contributed by atoms with Gasteiger partial charge >= 0.3 is 11.9 Å². The molecule has 4 heterocycles. The van der Waals surface area contributed by atoms with Crippen molar-refractivity contribution in [3.05, 3.63) is 82.0 Å². The summed E-state index contributed by atoms with van der Waals surface area (Å²) in [6.45, 7) is 16.1. The number of methoxy groups -OCH3 is 1. The number of para-hydroxylation sites is 1. The minimum atomic E-state index is -1.49. The van der Waals surface area contributed by atoms with Gasteiger partial charge in [0.1, 0.15) is 23.0 Å². The van der Waals surface area contributed by atoms with Crippen LogP contribution in [0.2, 0.25) is 0 Å². The van der Waals surface area contributed by atoms with Gasteiger partial charge < -0.3 is 23.7 Å². The van der Waals surface area contributed by atoms with E-state index in [4.69, 9.17) is 40.3 Å². The first-order valence-electron chi connectivity index (χ1n) is 20.2. The third-order valence-electron chi connectivity index (χ3n) is 12.9. The lowest BCUT2D eigenvalue weighted by atomic mass is 9.46. The number of ketones is 1. The van der Waals surface area contributed by atoms with Gasteiger partial charge in [0.15, 0.2) is 22.7 Å². The molecule has 9 nitrogen and oxygen atoms in total. The van der Waals surface area contributed by atoms with Crippen molar-refractivity contribution in [2.75, 3.05) is 13.0 Å². The average Bonchev–Trinajstić information content (AvgIpc) is 3.26. The lowest BCUT2D eigenvalue weighted by Gasteiger charge is -2.63. The minimum Gasteiger partial charge on any atom is -0.482 e. The zero-order valence-corrected chi connectivity index (χ0v) is 36.3. The standard InChI is InChI=1S/C47H52ClNO8S/c1-25(2)13-12-20-45(8)21-19-29-38(55-45)28(17-16-26(3)4)40-35(39(29)54-34(50)24-48)37-36-41(58-32-15-11-10-14-31(32)49-37)30-23-33-44(6,7)57-46(42(30)51,47(33,36)56-40)22-18-27(5)43(52)53-9/h10-11,13-16,18-19,21,30,33,36,41H,12,17,20,22-24H2,1-9H3. The van der Waals surface area contributed by atoms with Gasteiger partial charge in [-0.3, -0.25) is 14.6 Å². The highest BCUT2D eigenvalue weighted by molar-refractivity contribution is 8.00. The van der Waals surface area contributed by atoms with Crippen LogP contribution in [0.4, 0.5) is 5.69 Å². The first-order chi connectivity index (χ1) is 27.5. The third-order valence-corrected chi connectivity index (χ3v) is 14.6. The summed E-state index contributed by atoms with van der Waals surface area (Å²) in [5.74, 6) is -1.41. The number of carbonyl (C=O) groups is 3. The number of esters is 2. The predicted octanol–water partition coefficient (Wildman–Crippen LogP) is 9.87. The van der Waals surface area contributed by atoms with Gasteiger partial charge in [0, 0.05) is 39.5 Å². The molecule has 11 heteroatoms. The molecule has 2 aromatic rings. The van der Waals surface area contributed by atoms with Gasteiger partial charge in [-0.05, 0) is 105 Å². The lowest BCUT2D eigenvalue weighted by molar-refractivity contribution is -0.196. The molecule has 0 N–H and O–H groups in total. The fraction of sp³-hybridized carbons (Fsp3) is 0.489. The molecule has 7 atom stereocenters. The van der Waals surface area contributed by atoms with Crippen LogP contribution in [0.25, 0.3) is 6.08 Å². The van der Waals surface area contributed by atoms with Gasteiger partial charge in [0.25, 0.3) is 0 Å². The van der Waals surface area contributed by atoms with Crippen molar-refractivity contribution in [1.29, 1.82) is 0 Å². The molecule has 58 heavy (non-hydrogen) atoms. The van der Waals surface area contributed by atoms with E-state index in [9.17, 15) is 9.59 Å². The van der Waals surface area contributed by atoms with Crippen molar-refractivity contribution in [1.82, 2.24) is 0 Å². The molecule has 2 aromatic carbocycles. The predicted molar refractivity (Wildman–Crippen MR) is 227 cm³/mol. The van der Waals surface area contributed by atoms with Gasteiger partial charge in [-0.1, -0.05) is 41.5 Å². The molecule has 7 aliphatic rings. The molecule has 1 spiro atoms. The number of Topliss-reactive ketones (excluding diaryl/α,β-unsaturated/α-hetero) is 1. The second-order valence-electron chi connectivity index (χ2n) is 17.7. The summed E-state index contributed by atoms with van der Waals surface area (Å²) in [6.07, 6.45) is 12.7. The van der Waals surface area contributed by atoms with E-state index in [1.807, 2.05) is 64.1 Å². The Labute approximate surface area is 350 Å². The van der Waals surface area contributed by atoms with Crippen LogP contribution in [0.15, 0.2) is 75.2 Å². The Hall–Kier alpha value is -4.12. The fourth-order valence-electron chi connectivity index (χ4n) is 10.3. The van der Waals surface area contributed by atoms with Crippen LogP contribution in [-0.2, 0) is 30.3 Å². The number of thioether (sulfide) groups is 1. The molecule has 7 unspecified atom stereocenters. The number of nitrogens with zero attached hydrogens (tertiary/aromatic N) is 1. The number of hydrogen-bond donors (Lipinski definition) is 0. The number of carbonyl (C=O) groups excluding carboxylic acids is 3. The van der Waals surface area contributed by atoms with E-state index in [0.717, 1.165) is 28.1 Å². The molecule has 4 fully saturated rings. The lowest BCUT2D eigenvalue weighted by Crippen LogP contribution is -2.79. The molecule has 4 aliphatic heterocycles. The number of fused-ring (bicyclic) bond motifs is 4. The van der Waals surface area contributed by atoms with Gasteiger partial charge in [-0.2, -0.15) is 0 Å². The Morgan fingerprint density at radius 1 is 1.02 bits per heavy atom. The van der Waals surface area contributed by atoms with Crippen molar-refractivity contribution >= 4 is 58.6 Å². The minimum absolute atomic E-state index is 0.0391. The second kappa shape index (κ2) is 14.6. The number of ether oxygens (including phenoxy) is 5. The van der Waals surface area contributed by atoms with Crippen molar-refractivity contribution in [3.63, 3.8) is 0 Å². The highest BCUT2D eigenvalue weighted by Gasteiger charge is 2.85. The fourth-order valence-corrected chi connectivity index (χ4v) is 12.0. The molecule has 0 amide bonds. The van der Waals surface area contributed by atoms with Crippen molar-refractivity contribution in [2.24, 2.45) is 22.7 Å². The van der Waals surface area contributed by atoms with Crippen LogP contribution in [0, 0.1) is 17.8 Å². The molecule has 3 aliphatic carbocycles. The topological polar surface area (TPSA) is 110 Å². The Kier molecular flexibility index (Phi) is 10.2. The summed E-state index contributed by atoms with van der Waals surface area (Å²) in [7, 11) is 1.34. The van der Waals surface area contributed by atoms with E-state index in [1.54, 1.807) is 24.8 Å². The number of hydrogen-bond acceptors (Lipinski definition) is 10. The SMILES string of the molecule is COC(=O)C(C)=CCC12OC(C)(C)C3CC(C1=O)C1Sc4ccccc4N=C4c5c(OC(=O)CCl)c6c(c(CC=C(C)C)c5OC32C41)OC(C)(CCC=C(C)C)C=C6. The maximum Gasteiger partial charge on any atom is 0.333 e. The molecule has 4 bridgehead atoms. The first kappa shape index (κ1) is 40.7. The van der Waals surface area contributed by atoms with Crippen molar-refractivity contribution < 1.29 is 38.1 Å². The number of benzene rings is 2. The largest absolute Gasteiger partial charge is 0.482 e. The monoisotopic (exact) mass is 825 g/mol. The summed E-state index contributed by atoms with van der Waals surface area (Å²) in [4.78, 5) is 48.2. The van der Waals surface area contributed by atoms with E-state index in [1.165, 1.54) is 12.7 Å². The summed E-state index contributed by atoms with van der Waals surface area (Å²) < 4.78 is 33.5. The number of alkyl halides is 1. The highest BCUT2D eigenvalue weighted by Crippen LogP contribution is 2.73. The Bertz CT molecular complexity index is 2280. The molecule has 306 valence electrons. The Morgan fingerprint density at radius 2 is 1.76 bits per heavy atom. The highest BCUT2D eigenvalue weighted by atomic mass is 35.5. The zero-order valence-electron chi connectivity index (χ0n) is 34.7. The normalized spacial score (nSPS) is 30.3. The molecule has 0 radical (unpaired) electrons. The number of rotatable bonds is 10. The summed E-state index contributed by atoms with van der Waals surface area (Å²) in [5, 5.41) is -0.283. The molecule has 1 saturated heterocycles. The van der Waals surface area contributed by atoms with Crippen molar-refractivity contribution in [3.8, 4) is 17.2 Å². The summed E-state index contributed by atoms with van der Waals surface area (Å²) in [6, 6.07) is 7.98. The zero-order chi connectivity index (χ0) is 41.5. The maximum atomic E-state index is 15.5. The van der Waals surface area contributed by atoms with Crippen LogP contribution in [0.3, 0.4) is 0 Å². The van der Waals surface area contributed by atoms with E-state index < -0.39 is 46.2 Å². The van der Waals surface area contributed by atoms with Gasteiger partial charge in [-0.25, -0.2) is 4.79 Å². The number of halogens is 1. The van der Waals surface area contributed by atoms with Crippen LogP contribution in [-0.4, -0.2) is 64.1 Å². The summed E-state index contributed by atoms with van der Waals surface area (Å²) in [5.41, 5.74) is 1.79. The van der Waals surface area contributed by atoms with E-state index in [0.29, 0.717) is 53.2 Å². The van der Waals surface area contributed by atoms with E-state index in [2.05, 4.69) is 32.9 Å². The molecular formula is C47H52ClNO8S. The number of aliphatic imine (C=N–C) groups is 1. The second-order valence-corrected chi connectivity index (χ2v) is 19.2. The molecule has 0 aromatic heterocycles. The summed E-state index contributed by atoms with van der Waals surface area (Å²) >= 11 is 7.84. The average molecular weight is 826 g/mol. The smallest absolute Gasteiger partial charge is 0.333 e. The van der Waals surface area contributed by atoms with Crippen molar-refractivity contribution in [2.45, 2.75) is 120 Å². The van der Waals surface area contributed by atoms with Gasteiger partial charge in [0.2, 0.25) is 0 Å². The maximum absolute atomic E-state index is 15.5. The Balaban J connectivity index is 1.48.